The first-order valence-corrected chi connectivity index (χ1v) is 9.85. The third kappa shape index (κ3) is 3.78. The summed E-state index contributed by atoms with van der Waals surface area (Å²) in [5.41, 5.74) is 3.43. The normalized spacial score (nSPS) is 14.2. The van der Waals surface area contributed by atoms with Crippen molar-refractivity contribution in [2.45, 2.75) is 32.7 Å². The minimum atomic E-state index is -0.270. The first-order valence-electron chi connectivity index (χ1n) is 9.06. The molecule has 0 radical (unpaired) electrons. The van der Waals surface area contributed by atoms with Gasteiger partial charge in [0.25, 0.3) is 5.91 Å². The van der Waals surface area contributed by atoms with E-state index in [1.807, 2.05) is 19.9 Å². The number of aldehydes is 1. The molecule has 0 bridgehead atoms. The Hall–Kier alpha value is -2.72. The summed E-state index contributed by atoms with van der Waals surface area (Å²) in [7, 11) is 0. The Balaban J connectivity index is 1.93. The minimum Gasteiger partial charge on any atom is -0.505 e. The van der Waals surface area contributed by atoms with Gasteiger partial charge in [-0.15, -0.1) is 0 Å². The summed E-state index contributed by atoms with van der Waals surface area (Å²) in [6.45, 7) is 12.0. The fourth-order valence-electron chi connectivity index (χ4n) is 3.40. The molecule has 7 heteroatoms. The average Bonchev–Trinajstić information content (AvgIpc) is 2.69. The molecule has 2 heterocycles. The van der Waals surface area contributed by atoms with Crippen LogP contribution in [-0.4, -0.2) is 35.2 Å². The van der Waals surface area contributed by atoms with Gasteiger partial charge in [0.1, 0.15) is 12.0 Å². The van der Waals surface area contributed by atoms with Crippen LogP contribution in [0.1, 0.15) is 47.1 Å². The maximum Gasteiger partial charge on any atom is 0.254 e. The van der Waals surface area contributed by atoms with Gasteiger partial charge in [0.2, 0.25) is 5.69 Å². The third-order valence-corrected chi connectivity index (χ3v) is 5.56. The number of benzene rings is 1. The van der Waals surface area contributed by atoms with E-state index in [1.165, 1.54) is 6.20 Å². The molecule has 144 valence electrons. The lowest BCUT2D eigenvalue weighted by molar-refractivity contribution is -0.107. The number of ether oxygens (including phenoxy) is 1. The van der Waals surface area contributed by atoms with Crippen molar-refractivity contribution in [2.24, 2.45) is 0 Å². The molecule has 1 atom stereocenters. The number of hydrogen-bond donors (Lipinski definition) is 0. The first kappa shape index (κ1) is 20.0. The largest absolute Gasteiger partial charge is 0.505 e. The summed E-state index contributed by atoms with van der Waals surface area (Å²) in [5, 5.41) is 0. The Kier molecular flexibility index (Phi) is 6.10. The van der Waals surface area contributed by atoms with Crippen LogP contribution in [0.2, 0.25) is 0 Å². The molecule has 1 aromatic heterocycles. The molecule has 0 fully saturated rings. The fourth-order valence-corrected chi connectivity index (χ4v) is 4.10. The molecule has 3 rings (SSSR count). The lowest BCUT2D eigenvalue weighted by atomic mass is 9.94. The highest BCUT2D eigenvalue weighted by atomic mass is 79.9. The van der Waals surface area contributed by atoms with Crippen molar-refractivity contribution >= 4 is 33.8 Å². The van der Waals surface area contributed by atoms with Crippen LogP contribution in [0.4, 0.5) is 5.69 Å². The molecular formula is C21H20BrN3O3. The molecular weight excluding hydrogens is 422 g/mol. The highest BCUT2D eigenvalue weighted by molar-refractivity contribution is 9.10. The predicted molar refractivity (Wildman–Crippen MR) is 109 cm³/mol. The molecule has 1 amide bonds. The predicted octanol–water partition coefficient (Wildman–Crippen LogP) is 4.29. The average molecular weight is 442 g/mol. The van der Waals surface area contributed by atoms with E-state index in [-0.39, 0.29) is 18.4 Å². The molecule has 0 N–H and O–H groups in total. The second-order valence-corrected chi connectivity index (χ2v) is 7.38. The Morgan fingerprint density at radius 3 is 2.89 bits per heavy atom. The number of hydrogen-bond acceptors (Lipinski definition) is 4. The number of pyridine rings is 1. The van der Waals surface area contributed by atoms with E-state index in [0.29, 0.717) is 42.3 Å². The number of fused-ring (bicyclic) bond motifs is 1. The van der Waals surface area contributed by atoms with Gasteiger partial charge in [-0.05, 0) is 49.6 Å². The molecule has 0 saturated carbocycles. The molecule has 0 aliphatic carbocycles. The SMILES string of the molecule is [C-]#[N+]c1cnc(C(C)N2CCc3c(Br)cc(CC=O)cc3C2=O)cc1OCC. The quantitative estimate of drug-likeness (QED) is 0.495. The van der Waals surface area contributed by atoms with Crippen LogP contribution in [0, 0.1) is 6.57 Å². The standard InChI is InChI=1S/C21H20BrN3O3/c1-4-28-20-11-18(24-12-19(20)23-3)13(2)25-7-5-15-16(21(25)27)9-14(6-8-26)10-17(15)22/h8-13H,4-7H2,1-2H3. The fraction of sp³-hybridized carbons (Fsp3) is 0.333. The van der Waals surface area contributed by atoms with Gasteiger partial charge in [0.15, 0.2) is 0 Å². The second-order valence-electron chi connectivity index (χ2n) is 6.52. The van der Waals surface area contributed by atoms with Crippen molar-refractivity contribution in [3.05, 3.63) is 62.7 Å². The molecule has 1 aromatic carbocycles. The Morgan fingerprint density at radius 1 is 1.43 bits per heavy atom. The molecule has 0 spiro atoms. The number of carbonyl (C=O) groups excluding carboxylic acids is 2. The Bertz CT molecular complexity index is 968. The van der Waals surface area contributed by atoms with Crippen molar-refractivity contribution in [3.63, 3.8) is 0 Å². The molecule has 1 aliphatic heterocycles. The van der Waals surface area contributed by atoms with Crippen LogP contribution < -0.4 is 4.74 Å². The van der Waals surface area contributed by atoms with Crippen LogP contribution >= 0.6 is 15.9 Å². The Morgan fingerprint density at radius 2 is 2.21 bits per heavy atom. The zero-order chi connectivity index (χ0) is 20.3. The summed E-state index contributed by atoms with van der Waals surface area (Å²) in [4.78, 5) is 33.6. The van der Waals surface area contributed by atoms with Crippen molar-refractivity contribution in [3.8, 4) is 5.75 Å². The van der Waals surface area contributed by atoms with Gasteiger partial charge >= 0.3 is 0 Å². The molecule has 0 saturated heterocycles. The number of aromatic nitrogens is 1. The van der Waals surface area contributed by atoms with Crippen molar-refractivity contribution in [2.75, 3.05) is 13.2 Å². The number of amides is 1. The summed E-state index contributed by atoms with van der Waals surface area (Å²) in [6.07, 6.45) is 3.31. The number of halogens is 1. The summed E-state index contributed by atoms with van der Waals surface area (Å²) < 4.78 is 6.41. The monoisotopic (exact) mass is 441 g/mol. The van der Waals surface area contributed by atoms with E-state index in [1.54, 1.807) is 17.0 Å². The third-order valence-electron chi connectivity index (χ3n) is 4.85. The van der Waals surface area contributed by atoms with Crippen molar-refractivity contribution in [1.29, 1.82) is 0 Å². The van der Waals surface area contributed by atoms with Gasteiger partial charge in [-0.1, -0.05) is 15.9 Å². The summed E-state index contributed by atoms with van der Waals surface area (Å²) in [6, 6.07) is 5.17. The van der Waals surface area contributed by atoms with Gasteiger partial charge in [-0.25, -0.2) is 4.85 Å². The van der Waals surface area contributed by atoms with Crippen molar-refractivity contribution < 1.29 is 14.3 Å². The topological polar surface area (TPSA) is 63.9 Å². The molecule has 28 heavy (non-hydrogen) atoms. The van der Waals surface area contributed by atoms with Gasteiger partial charge in [-0.3, -0.25) is 9.78 Å². The van der Waals surface area contributed by atoms with Gasteiger partial charge in [-0.2, -0.15) is 0 Å². The zero-order valence-corrected chi connectivity index (χ0v) is 17.3. The van der Waals surface area contributed by atoms with Crippen LogP contribution in [0.3, 0.4) is 0 Å². The van der Waals surface area contributed by atoms with E-state index in [4.69, 9.17) is 11.3 Å². The first-order chi connectivity index (χ1) is 13.5. The minimum absolute atomic E-state index is 0.0868. The highest BCUT2D eigenvalue weighted by Crippen LogP contribution is 2.34. The van der Waals surface area contributed by atoms with E-state index in [9.17, 15) is 9.59 Å². The van der Waals surface area contributed by atoms with E-state index >= 15 is 0 Å². The van der Waals surface area contributed by atoms with Crippen LogP contribution in [0.15, 0.2) is 28.9 Å². The summed E-state index contributed by atoms with van der Waals surface area (Å²) >= 11 is 3.53. The smallest absolute Gasteiger partial charge is 0.254 e. The van der Waals surface area contributed by atoms with Crippen LogP contribution in [-0.2, 0) is 17.6 Å². The van der Waals surface area contributed by atoms with Gasteiger partial charge < -0.3 is 14.4 Å². The highest BCUT2D eigenvalue weighted by Gasteiger charge is 2.31. The lowest BCUT2D eigenvalue weighted by Gasteiger charge is -2.34. The van der Waals surface area contributed by atoms with E-state index < -0.39 is 0 Å². The molecule has 1 aliphatic rings. The number of carbonyl (C=O) groups is 2. The van der Waals surface area contributed by atoms with Gasteiger partial charge in [0, 0.05) is 29.2 Å². The van der Waals surface area contributed by atoms with Gasteiger partial charge in [0.05, 0.1) is 24.9 Å². The number of nitrogens with zero attached hydrogens (tertiary/aromatic N) is 3. The summed E-state index contributed by atoms with van der Waals surface area (Å²) in [5.74, 6) is 0.395. The van der Waals surface area contributed by atoms with E-state index in [2.05, 4.69) is 25.8 Å². The van der Waals surface area contributed by atoms with Crippen molar-refractivity contribution in [1.82, 2.24) is 9.88 Å². The second kappa shape index (κ2) is 8.53. The number of rotatable bonds is 6. The zero-order valence-electron chi connectivity index (χ0n) is 15.7. The molecule has 1 unspecified atom stereocenters. The van der Waals surface area contributed by atoms with E-state index in [0.717, 1.165) is 21.9 Å². The maximum atomic E-state index is 13.2. The van der Waals surface area contributed by atoms with Crippen LogP contribution in [0.5, 0.6) is 5.75 Å². The molecule has 2 aromatic rings. The lowest BCUT2D eigenvalue weighted by Crippen LogP contribution is -2.39. The van der Waals surface area contributed by atoms with Crippen LogP contribution in [0.25, 0.3) is 4.85 Å². The maximum absolute atomic E-state index is 13.2. The Labute approximate surface area is 172 Å². The molecule has 6 nitrogen and oxygen atoms in total.